The van der Waals surface area contributed by atoms with E-state index in [2.05, 4.69) is 0 Å². The Labute approximate surface area is 195 Å². The van der Waals surface area contributed by atoms with Gasteiger partial charge in [0.15, 0.2) is 0 Å². The summed E-state index contributed by atoms with van der Waals surface area (Å²) in [6, 6.07) is 1.61. The van der Waals surface area contributed by atoms with Crippen LogP contribution in [0, 0.1) is 6.07 Å². The van der Waals surface area contributed by atoms with E-state index in [1.807, 2.05) is 0 Å². The number of carbonyl (C=O) groups excluding carboxylic acids is 2. The van der Waals surface area contributed by atoms with E-state index in [1.165, 1.54) is 6.07 Å². The third-order valence-corrected chi connectivity index (χ3v) is 4.66. The van der Waals surface area contributed by atoms with Crippen LogP contribution in [0.5, 0.6) is 0 Å². The summed E-state index contributed by atoms with van der Waals surface area (Å²) in [5.41, 5.74) is -18.8. The second-order valence-corrected chi connectivity index (χ2v) is 7.06. The highest BCUT2D eigenvalue weighted by atomic mass is 19.4. The molecule has 2 atom stereocenters. The Hall–Kier alpha value is -2.77. The van der Waals surface area contributed by atoms with Gasteiger partial charge in [0, 0.05) is 5.56 Å². The van der Waals surface area contributed by atoms with Gasteiger partial charge in [-0.25, -0.2) is 8.78 Å². The fourth-order valence-corrected chi connectivity index (χ4v) is 2.60. The van der Waals surface area contributed by atoms with Crippen molar-refractivity contribution in [3.8, 4) is 0 Å². The Morgan fingerprint density at radius 1 is 0.553 bits per heavy atom. The lowest BCUT2D eigenvalue weighted by molar-refractivity contribution is -0.355. The van der Waals surface area contributed by atoms with Crippen LogP contribution in [0.25, 0.3) is 0 Å². The maximum absolute atomic E-state index is 14.7. The fourth-order valence-electron chi connectivity index (χ4n) is 2.60. The standard InChI is InChI=1S/C17H4F19O2/c18-9(15(28,29)30,11(20,21)6-4-2-1-3-5-6)7(37)12(22,23)10(19,16(31,32)33)8(38)13(24,25)14(26,27)17(34,35)36/h1-2,4-5H. The average molecular weight is 601 g/mol. The van der Waals surface area contributed by atoms with Crippen LogP contribution in [-0.2, 0) is 15.5 Å². The van der Waals surface area contributed by atoms with Gasteiger partial charge in [-0.2, -0.15) is 74.6 Å². The molecule has 0 spiro atoms. The minimum Gasteiger partial charge on any atom is -0.288 e. The van der Waals surface area contributed by atoms with Crippen LogP contribution < -0.4 is 0 Å². The van der Waals surface area contributed by atoms with Gasteiger partial charge in [0.25, 0.3) is 11.6 Å². The van der Waals surface area contributed by atoms with Crippen LogP contribution in [0.4, 0.5) is 83.4 Å². The van der Waals surface area contributed by atoms with E-state index in [1.54, 1.807) is 0 Å². The Balaban J connectivity index is 4.08. The van der Waals surface area contributed by atoms with Gasteiger partial charge in [0.2, 0.25) is 0 Å². The largest absolute Gasteiger partial charge is 0.460 e. The van der Waals surface area contributed by atoms with Crippen LogP contribution >= 0.6 is 0 Å². The zero-order valence-electron chi connectivity index (χ0n) is 16.8. The van der Waals surface area contributed by atoms with Crippen molar-refractivity contribution in [1.29, 1.82) is 0 Å². The molecule has 1 aromatic rings. The summed E-state index contributed by atoms with van der Waals surface area (Å²) in [5, 5.41) is 0. The zero-order valence-corrected chi connectivity index (χ0v) is 16.8. The predicted octanol–water partition coefficient (Wildman–Crippen LogP) is 6.73. The quantitative estimate of drug-likeness (QED) is 0.310. The molecule has 0 amide bonds. The second kappa shape index (κ2) is 8.88. The minimum absolute atomic E-state index is 0.251. The van der Waals surface area contributed by atoms with Crippen LogP contribution in [-0.4, -0.2) is 59.2 Å². The van der Waals surface area contributed by atoms with Gasteiger partial charge >= 0.3 is 53.6 Å². The van der Waals surface area contributed by atoms with Crippen LogP contribution in [0.15, 0.2) is 24.3 Å². The molecule has 0 N–H and O–H groups in total. The van der Waals surface area contributed by atoms with Gasteiger partial charge in [0.1, 0.15) is 0 Å². The van der Waals surface area contributed by atoms with Crippen LogP contribution in [0.2, 0.25) is 0 Å². The maximum Gasteiger partial charge on any atom is 0.460 e. The van der Waals surface area contributed by atoms with Crippen molar-refractivity contribution in [2.75, 3.05) is 0 Å². The van der Waals surface area contributed by atoms with E-state index in [0.717, 1.165) is 0 Å². The molecule has 0 aromatic heterocycles. The molecule has 1 radical (unpaired) electrons. The summed E-state index contributed by atoms with van der Waals surface area (Å²) in [6.07, 6.45) is -24.0. The fraction of sp³-hybridized carbons (Fsp3) is 0.529. The van der Waals surface area contributed by atoms with Crippen molar-refractivity contribution >= 4 is 11.6 Å². The highest BCUT2D eigenvalue weighted by molar-refractivity contribution is 6.06. The van der Waals surface area contributed by atoms with Crippen molar-refractivity contribution < 1.29 is 93.0 Å². The van der Waals surface area contributed by atoms with Crippen LogP contribution in [0.1, 0.15) is 5.56 Å². The van der Waals surface area contributed by atoms with Crippen molar-refractivity contribution in [2.45, 2.75) is 53.6 Å². The zero-order chi connectivity index (χ0) is 30.8. The van der Waals surface area contributed by atoms with Gasteiger partial charge in [-0.3, -0.25) is 9.59 Å². The van der Waals surface area contributed by atoms with Gasteiger partial charge in [-0.15, -0.1) is 0 Å². The molecule has 0 aliphatic heterocycles. The smallest absolute Gasteiger partial charge is 0.288 e. The molecule has 38 heavy (non-hydrogen) atoms. The summed E-state index contributed by atoms with van der Waals surface area (Å²) in [6.45, 7) is 0. The van der Waals surface area contributed by atoms with E-state index < -0.39 is 70.7 Å². The monoisotopic (exact) mass is 601 g/mol. The molecule has 0 saturated carbocycles. The number of hydrogen-bond acceptors (Lipinski definition) is 2. The number of rotatable bonds is 8. The van der Waals surface area contributed by atoms with Gasteiger partial charge in [0.05, 0.1) is 0 Å². The van der Waals surface area contributed by atoms with Crippen molar-refractivity contribution in [3.05, 3.63) is 35.9 Å². The molecule has 21 heteroatoms. The Morgan fingerprint density at radius 3 is 1.26 bits per heavy atom. The Bertz CT molecular complexity index is 1050. The number of carbonyl (C=O) groups is 2. The molecule has 2 unspecified atom stereocenters. The lowest BCUT2D eigenvalue weighted by Gasteiger charge is -2.40. The molecule has 2 nitrogen and oxygen atoms in total. The first-order chi connectivity index (χ1) is 16.4. The number of hydrogen-bond donors (Lipinski definition) is 0. The third-order valence-electron chi connectivity index (χ3n) is 4.66. The number of benzene rings is 1. The molecule has 0 aliphatic rings. The topological polar surface area (TPSA) is 34.1 Å². The summed E-state index contributed by atoms with van der Waals surface area (Å²) < 4.78 is 255. The van der Waals surface area contributed by atoms with E-state index in [4.69, 9.17) is 0 Å². The van der Waals surface area contributed by atoms with E-state index in [-0.39, 0.29) is 18.2 Å². The first kappa shape index (κ1) is 33.3. The van der Waals surface area contributed by atoms with Crippen molar-refractivity contribution in [1.82, 2.24) is 0 Å². The van der Waals surface area contributed by atoms with Gasteiger partial charge in [-0.05, 0) is 12.1 Å². The van der Waals surface area contributed by atoms with Crippen molar-refractivity contribution in [3.63, 3.8) is 0 Å². The molecular weight excluding hydrogens is 597 g/mol. The molecule has 1 aromatic carbocycles. The van der Waals surface area contributed by atoms with Gasteiger partial charge in [-0.1, -0.05) is 18.2 Å². The maximum atomic E-state index is 14.7. The highest BCUT2D eigenvalue weighted by Gasteiger charge is 2.91. The SMILES string of the molecule is O=C(C(F)(F)C(F)(F)C(F)(F)F)C(F)(C(F)(F)F)C(F)(F)C(=O)C(F)(C(F)(F)F)C(F)(F)c1c[c]ccc1. The number of alkyl halides is 19. The van der Waals surface area contributed by atoms with E-state index in [0.29, 0.717) is 6.07 Å². The number of halogens is 19. The highest BCUT2D eigenvalue weighted by Crippen LogP contribution is 2.59. The van der Waals surface area contributed by atoms with Crippen LogP contribution in [0.3, 0.4) is 0 Å². The summed E-state index contributed by atoms with van der Waals surface area (Å²) >= 11 is 0. The molecule has 0 saturated heterocycles. The lowest BCUT2D eigenvalue weighted by atomic mass is 9.76. The van der Waals surface area contributed by atoms with E-state index >= 15 is 0 Å². The summed E-state index contributed by atoms with van der Waals surface area (Å²) in [7, 11) is 0. The number of ketones is 2. The molecule has 0 fully saturated rings. The molecular formula is C17H4F19O2. The van der Waals surface area contributed by atoms with Gasteiger partial charge < -0.3 is 0 Å². The first-order valence-electron chi connectivity index (χ1n) is 8.57. The van der Waals surface area contributed by atoms with Crippen molar-refractivity contribution in [2.24, 2.45) is 0 Å². The molecule has 0 bridgehead atoms. The Kier molecular flexibility index (Phi) is 7.77. The normalized spacial score (nSPS) is 18.0. The minimum atomic E-state index is -8.57. The second-order valence-electron chi connectivity index (χ2n) is 7.06. The number of Topliss-reactive ketones (excluding diaryl/α,β-unsaturated/α-hetero) is 2. The molecule has 0 aliphatic carbocycles. The summed E-state index contributed by atoms with van der Waals surface area (Å²) in [4.78, 5) is 22.9. The summed E-state index contributed by atoms with van der Waals surface area (Å²) in [5.74, 6) is -43.5. The Morgan fingerprint density at radius 2 is 0.947 bits per heavy atom. The lowest BCUT2D eigenvalue weighted by Crippen LogP contribution is -2.75. The third kappa shape index (κ3) is 4.34. The average Bonchev–Trinajstić information content (AvgIpc) is 2.74. The molecule has 0 heterocycles. The first-order valence-corrected chi connectivity index (χ1v) is 8.57. The predicted molar refractivity (Wildman–Crippen MR) is 79.9 cm³/mol. The molecule has 1 rings (SSSR count). The van der Waals surface area contributed by atoms with E-state index in [9.17, 15) is 93.0 Å². The molecule has 217 valence electrons.